The molecule has 3 nitrogen and oxygen atoms in total. The van der Waals surface area contributed by atoms with Gasteiger partial charge in [0, 0.05) is 29.3 Å². The summed E-state index contributed by atoms with van der Waals surface area (Å²) >= 11 is 0. The van der Waals surface area contributed by atoms with Crippen molar-refractivity contribution >= 4 is 22.7 Å². The van der Waals surface area contributed by atoms with E-state index >= 15 is 0 Å². The molecule has 0 fully saturated rings. The number of rotatable bonds is 8. The summed E-state index contributed by atoms with van der Waals surface area (Å²) in [5, 5.41) is 3.33. The van der Waals surface area contributed by atoms with Crippen molar-refractivity contribution < 1.29 is 4.74 Å². The van der Waals surface area contributed by atoms with E-state index < -0.39 is 0 Å². The third-order valence-corrected chi connectivity index (χ3v) is 4.74. The molecule has 3 heteroatoms. The van der Waals surface area contributed by atoms with Crippen molar-refractivity contribution in [2.75, 3.05) is 16.8 Å². The zero-order chi connectivity index (χ0) is 23.3. The summed E-state index contributed by atoms with van der Waals surface area (Å²) in [6.45, 7) is 8.67. The van der Waals surface area contributed by atoms with Crippen LogP contribution in [0.4, 0.5) is 22.7 Å². The number of benzene rings is 4. The quantitative estimate of drug-likeness (QED) is 0.282. The summed E-state index contributed by atoms with van der Waals surface area (Å²) < 4.78 is 5.59. The Morgan fingerprint density at radius 3 is 1.61 bits per heavy atom. The molecule has 0 saturated heterocycles. The lowest BCUT2D eigenvalue weighted by Crippen LogP contribution is -2.16. The third kappa shape index (κ3) is 7.89. The second-order valence-corrected chi connectivity index (χ2v) is 7.75. The Hall–Kier alpha value is -3.98. The largest absolute Gasteiger partial charge is 0.491 e. The van der Waals surface area contributed by atoms with Gasteiger partial charge in [-0.05, 0) is 74.5 Å². The Bertz CT molecular complexity index is 1020. The van der Waals surface area contributed by atoms with Gasteiger partial charge in [-0.15, -0.1) is 6.58 Å². The van der Waals surface area contributed by atoms with Gasteiger partial charge < -0.3 is 15.0 Å². The van der Waals surface area contributed by atoms with E-state index in [-0.39, 0.29) is 6.10 Å². The first-order valence-corrected chi connectivity index (χ1v) is 11.2. The van der Waals surface area contributed by atoms with Gasteiger partial charge in [-0.3, -0.25) is 0 Å². The highest BCUT2D eigenvalue weighted by atomic mass is 16.5. The van der Waals surface area contributed by atoms with E-state index in [0.29, 0.717) is 0 Å². The predicted molar refractivity (Wildman–Crippen MR) is 142 cm³/mol. The van der Waals surface area contributed by atoms with E-state index in [0.717, 1.165) is 23.7 Å². The maximum atomic E-state index is 5.59. The van der Waals surface area contributed by atoms with Gasteiger partial charge in [0.2, 0.25) is 0 Å². The van der Waals surface area contributed by atoms with Crippen LogP contribution in [0.2, 0.25) is 0 Å². The van der Waals surface area contributed by atoms with Crippen LogP contribution in [-0.4, -0.2) is 12.6 Å². The summed E-state index contributed by atoms with van der Waals surface area (Å²) in [4.78, 5) is 2.23. The fraction of sp³-hybridized carbons (Fsp3) is 0.133. The molecule has 0 unspecified atom stereocenters. The Morgan fingerprint density at radius 2 is 1.15 bits per heavy atom. The van der Waals surface area contributed by atoms with Crippen LogP contribution < -0.4 is 15.0 Å². The molecule has 0 amide bonds. The van der Waals surface area contributed by atoms with E-state index in [1.54, 1.807) is 0 Å². The fourth-order valence-corrected chi connectivity index (χ4v) is 3.28. The smallest absolute Gasteiger partial charge is 0.119 e. The topological polar surface area (TPSA) is 24.5 Å². The lowest BCUT2D eigenvalue weighted by molar-refractivity contribution is 0.242. The molecule has 0 saturated carbocycles. The van der Waals surface area contributed by atoms with E-state index in [2.05, 4.69) is 41.1 Å². The lowest BCUT2D eigenvalue weighted by atomic mass is 10.2. The van der Waals surface area contributed by atoms with Gasteiger partial charge >= 0.3 is 0 Å². The maximum absolute atomic E-state index is 5.59. The van der Waals surface area contributed by atoms with Crippen LogP contribution in [0.25, 0.3) is 0 Å². The highest BCUT2D eigenvalue weighted by Crippen LogP contribution is 2.24. The Balaban J connectivity index is 0.000000186. The maximum Gasteiger partial charge on any atom is 0.119 e. The summed E-state index contributed by atoms with van der Waals surface area (Å²) in [6.07, 6.45) is 2.13. The number of para-hydroxylation sites is 3. The Morgan fingerprint density at radius 1 is 0.697 bits per heavy atom. The summed E-state index contributed by atoms with van der Waals surface area (Å²) in [5.41, 5.74) is 4.53. The number of hydrogen-bond donors (Lipinski definition) is 1. The molecular weight excluding hydrogens is 404 g/mol. The minimum absolute atomic E-state index is 0.211. The molecule has 0 radical (unpaired) electrons. The molecule has 0 aliphatic carbocycles. The first-order valence-electron chi connectivity index (χ1n) is 11.2. The molecule has 4 aromatic rings. The molecule has 0 heterocycles. The zero-order valence-electron chi connectivity index (χ0n) is 19.4. The number of anilines is 4. The second kappa shape index (κ2) is 12.8. The van der Waals surface area contributed by atoms with Crippen molar-refractivity contribution in [2.45, 2.75) is 20.0 Å². The molecule has 0 aromatic heterocycles. The minimum atomic E-state index is 0.211. The molecule has 0 atom stereocenters. The number of ether oxygens (including phenoxy) is 1. The van der Waals surface area contributed by atoms with Gasteiger partial charge in [0.15, 0.2) is 0 Å². The van der Waals surface area contributed by atoms with Crippen molar-refractivity contribution in [3.63, 3.8) is 0 Å². The standard InChI is InChI=1S/C15H17NO.C15H15N/c1-12(2)17-15-10-8-14(9-11-15)16-13-6-4-3-5-7-13;1-2-13-16(14-9-5-3-6-10-14)15-11-7-4-8-12-15/h3-12,16H,1-2H3;2-12H,1,13H2. The monoisotopic (exact) mass is 436 g/mol. The van der Waals surface area contributed by atoms with Gasteiger partial charge in [-0.1, -0.05) is 60.7 Å². The van der Waals surface area contributed by atoms with Crippen molar-refractivity contribution in [3.05, 3.63) is 128 Å². The minimum Gasteiger partial charge on any atom is -0.491 e. The van der Waals surface area contributed by atoms with Gasteiger partial charge in [0.25, 0.3) is 0 Å². The number of hydrogen-bond acceptors (Lipinski definition) is 3. The molecule has 33 heavy (non-hydrogen) atoms. The molecule has 0 aliphatic heterocycles. The molecule has 168 valence electrons. The van der Waals surface area contributed by atoms with Crippen molar-refractivity contribution in [3.8, 4) is 5.75 Å². The summed E-state index contributed by atoms with van der Waals surface area (Å²) in [7, 11) is 0. The number of nitrogens with zero attached hydrogens (tertiary/aromatic N) is 1. The van der Waals surface area contributed by atoms with Gasteiger partial charge in [0.1, 0.15) is 5.75 Å². The highest BCUT2D eigenvalue weighted by molar-refractivity contribution is 5.63. The van der Waals surface area contributed by atoms with Crippen LogP contribution in [0.15, 0.2) is 128 Å². The summed E-state index contributed by atoms with van der Waals surface area (Å²) in [6, 6.07) is 38.8. The van der Waals surface area contributed by atoms with Gasteiger partial charge in [-0.2, -0.15) is 0 Å². The molecule has 0 spiro atoms. The van der Waals surface area contributed by atoms with E-state index in [1.165, 1.54) is 11.4 Å². The molecule has 4 rings (SSSR count). The van der Waals surface area contributed by atoms with Crippen LogP contribution in [0.3, 0.4) is 0 Å². The first-order chi connectivity index (χ1) is 16.2. The zero-order valence-corrected chi connectivity index (χ0v) is 19.4. The van der Waals surface area contributed by atoms with Gasteiger partial charge in [-0.25, -0.2) is 0 Å². The SMILES string of the molecule is C=CCN(c1ccccc1)c1ccccc1.CC(C)Oc1ccc(Nc2ccccc2)cc1. The predicted octanol–water partition coefficient (Wildman–Crippen LogP) is 8.23. The summed E-state index contributed by atoms with van der Waals surface area (Å²) in [5.74, 6) is 0.901. The van der Waals surface area contributed by atoms with Crippen molar-refractivity contribution in [1.29, 1.82) is 0 Å². The van der Waals surface area contributed by atoms with Crippen LogP contribution >= 0.6 is 0 Å². The Kier molecular flexibility index (Phi) is 9.16. The lowest BCUT2D eigenvalue weighted by Gasteiger charge is -2.23. The van der Waals surface area contributed by atoms with Crippen LogP contribution in [0.5, 0.6) is 5.75 Å². The van der Waals surface area contributed by atoms with Crippen LogP contribution in [-0.2, 0) is 0 Å². The van der Waals surface area contributed by atoms with E-state index in [1.807, 2.05) is 111 Å². The van der Waals surface area contributed by atoms with Crippen LogP contribution in [0, 0.1) is 0 Å². The van der Waals surface area contributed by atoms with Gasteiger partial charge in [0.05, 0.1) is 6.10 Å². The molecule has 0 aliphatic rings. The third-order valence-electron chi connectivity index (χ3n) is 4.74. The average Bonchev–Trinajstić information content (AvgIpc) is 2.86. The fourth-order valence-electron chi connectivity index (χ4n) is 3.28. The second-order valence-electron chi connectivity index (χ2n) is 7.75. The number of nitrogens with one attached hydrogen (secondary N) is 1. The molecule has 4 aromatic carbocycles. The molecule has 1 N–H and O–H groups in total. The average molecular weight is 437 g/mol. The first kappa shape index (κ1) is 23.7. The van der Waals surface area contributed by atoms with Crippen molar-refractivity contribution in [1.82, 2.24) is 0 Å². The highest BCUT2D eigenvalue weighted by Gasteiger charge is 2.05. The normalized spacial score (nSPS) is 10.0. The molecular formula is C30H32N2O. The van der Waals surface area contributed by atoms with E-state index in [4.69, 9.17) is 4.74 Å². The van der Waals surface area contributed by atoms with Crippen molar-refractivity contribution in [2.24, 2.45) is 0 Å². The molecule has 0 bridgehead atoms. The van der Waals surface area contributed by atoms with Crippen LogP contribution in [0.1, 0.15) is 13.8 Å². The Labute approximate surface area is 198 Å². The van der Waals surface area contributed by atoms with E-state index in [9.17, 15) is 0 Å².